The fraction of sp³-hybridized carbons (Fsp3) is 0.462. The summed E-state index contributed by atoms with van der Waals surface area (Å²) in [5.74, 6) is -4.75. The Morgan fingerprint density at radius 3 is 2.35 bits per heavy atom. The second-order valence-electron chi connectivity index (χ2n) is 4.85. The minimum atomic E-state index is -1.45. The number of thioether (sulfide) groups is 1. The number of hydrogen-bond donors (Lipinski definition) is 1. The van der Waals surface area contributed by atoms with Gasteiger partial charge in [0.1, 0.15) is 5.69 Å². The van der Waals surface area contributed by atoms with Crippen LogP contribution in [-0.4, -0.2) is 17.0 Å². The highest BCUT2D eigenvalue weighted by atomic mass is 32.2. The van der Waals surface area contributed by atoms with Gasteiger partial charge in [-0.3, -0.25) is 4.99 Å². The van der Waals surface area contributed by atoms with Gasteiger partial charge in [-0.2, -0.15) is 0 Å². The minimum Gasteiger partial charge on any atom is -0.330 e. The van der Waals surface area contributed by atoms with E-state index in [1.165, 1.54) is 11.8 Å². The highest BCUT2D eigenvalue weighted by Gasteiger charge is 2.23. The molecule has 1 unspecified atom stereocenters. The monoisotopic (exact) mass is 306 g/mol. The Balaban J connectivity index is 2.31. The number of rotatable bonds is 2. The molecule has 2 nitrogen and oxygen atoms in total. The van der Waals surface area contributed by atoms with E-state index in [4.69, 9.17) is 0 Å². The molecule has 1 aliphatic heterocycles. The number of hydrogen-bond acceptors (Lipinski definition) is 3. The van der Waals surface area contributed by atoms with Crippen LogP contribution in [0.3, 0.4) is 0 Å². The van der Waals surface area contributed by atoms with E-state index in [9.17, 15) is 17.6 Å². The lowest BCUT2D eigenvalue weighted by Gasteiger charge is -2.23. The lowest BCUT2D eigenvalue weighted by atomic mass is 10.0. The molecule has 7 heteroatoms. The van der Waals surface area contributed by atoms with Gasteiger partial charge in [0.25, 0.3) is 0 Å². The van der Waals surface area contributed by atoms with Crippen LogP contribution in [0.5, 0.6) is 0 Å². The van der Waals surface area contributed by atoms with Gasteiger partial charge in [0.2, 0.25) is 0 Å². The van der Waals surface area contributed by atoms with Gasteiger partial charge in [-0.15, -0.1) is 0 Å². The van der Waals surface area contributed by atoms with E-state index in [1.807, 2.05) is 13.8 Å². The van der Waals surface area contributed by atoms with E-state index in [1.54, 1.807) is 0 Å². The molecule has 1 aromatic carbocycles. The molecule has 2 rings (SSSR count). The van der Waals surface area contributed by atoms with Crippen LogP contribution in [0.25, 0.3) is 0 Å². The van der Waals surface area contributed by atoms with Crippen molar-refractivity contribution in [2.24, 2.45) is 10.9 Å². The zero-order valence-corrected chi connectivity index (χ0v) is 11.8. The third-order valence-electron chi connectivity index (χ3n) is 3.05. The molecule has 1 N–H and O–H groups in total. The summed E-state index contributed by atoms with van der Waals surface area (Å²) in [6.07, 6.45) is 0.857. The molecular formula is C13H14F4N2S. The highest BCUT2D eigenvalue weighted by molar-refractivity contribution is 8.14. The molecule has 0 amide bonds. The SMILES string of the molecule is CC(C)C1CCSC(Nc2c(F)c(F)cc(F)c2F)=N1. The fourth-order valence-electron chi connectivity index (χ4n) is 1.87. The molecule has 0 aliphatic carbocycles. The van der Waals surface area contributed by atoms with Crippen LogP contribution in [0.1, 0.15) is 20.3 Å². The van der Waals surface area contributed by atoms with Crippen LogP contribution >= 0.6 is 11.8 Å². The van der Waals surface area contributed by atoms with E-state index >= 15 is 0 Å². The molecule has 1 aromatic rings. The fourth-order valence-corrected chi connectivity index (χ4v) is 2.81. The minimum absolute atomic E-state index is 0.0308. The maximum Gasteiger partial charge on any atom is 0.185 e. The summed E-state index contributed by atoms with van der Waals surface area (Å²) in [5, 5.41) is 2.64. The summed E-state index contributed by atoms with van der Waals surface area (Å²) in [6.45, 7) is 3.98. The molecule has 0 radical (unpaired) electrons. The number of anilines is 1. The van der Waals surface area contributed by atoms with Crippen molar-refractivity contribution in [1.29, 1.82) is 0 Å². The first-order valence-corrected chi connectivity index (χ1v) is 7.19. The van der Waals surface area contributed by atoms with E-state index in [2.05, 4.69) is 10.3 Å². The molecule has 0 saturated carbocycles. The summed E-state index contributed by atoms with van der Waals surface area (Å²) in [6, 6.07) is 0.214. The first-order chi connectivity index (χ1) is 9.40. The Labute approximate surface area is 118 Å². The second-order valence-corrected chi connectivity index (χ2v) is 5.93. The zero-order chi connectivity index (χ0) is 14.9. The molecule has 0 fully saturated rings. The Kier molecular flexibility index (Phi) is 4.57. The Morgan fingerprint density at radius 1 is 1.20 bits per heavy atom. The maximum absolute atomic E-state index is 13.5. The Bertz CT molecular complexity index is 519. The normalized spacial score (nSPS) is 19.1. The van der Waals surface area contributed by atoms with E-state index in [0.29, 0.717) is 0 Å². The van der Waals surface area contributed by atoms with Crippen LogP contribution in [0.2, 0.25) is 0 Å². The Morgan fingerprint density at radius 2 is 1.80 bits per heavy atom. The number of amidine groups is 1. The average Bonchev–Trinajstić information content (AvgIpc) is 2.42. The maximum atomic E-state index is 13.5. The number of nitrogens with one attached hydrogen (secondary N) is 1. The van der Waals surface area contributed by atoms with E-state index in [0.717, 1.165) is 12.2 Å². The zero-order valence-electron chi connectivity index (χ0n) is 11.0. The van der Waals surface area contributed by atoms with Gasteiger partial charge in [0.15, 0.2) is 28.4 Å². The molecule has 1 aliphatic rings. The predicted molar refractivity (Wildman–Crippen MR) is 73.0 cm³/mol. The van der Waals surface area contributed by atoms with Crippen LogP contribution in [0.15, 0.2) is 11.1 Å². The van der Waals surface area contributed by atoms with Crippen LogP contribution < -0.4 is 5.32 Å². The first kappa shape index (κ1) is 15.2. The van der Waals surface area contributed by atoms with Gasteiger partial charge in [0.05, 0.1) is 6.04 Å². The summed E-state index contributed by atoms with van der Waals surface area (Å²) in [7, 11) is 0. The summed E-state index contributed by atoms with van der Waals surface area (Å²) in [4.78, 5) is 4.31. The van der Waals surface area contributed by atoms with Gasteiger partial charge < -0.3 is 5.32 Å². The van der Waals surface area contributed by atoms with Crippen LogP contribution in [0.4, 0.5) is 23.2 Å². The predicted octanol–water partition coefficient (Wildman–Crippen LogP) is 4.17. The van der Waals surface area contributed by atoms with Crippen molar-refractivity contribution in [3.8, 4) is 0 Å². The third kappa shape index (κ3) is 3.08. The first-order valence-electron chi connectivity index (χ1n) is 6.20. The number of halogens is 4. The molecule has 0 saturated heterocycles. The number of benzene rings is 1. The van der Waals surface area contributed by atoms with E-state index in [-0.39, 0.29) is 23.2 Å². The lowest BCUT2D eigenvalue weighted by molar-refractivity contribution is 0.459. The molecule has 110 valence electrons. The van der Waals surface area contributed by atoms with Crippen molar-refractivity contribution in [2.75, 3.05) is 11.1 Å². The molecule has 0 bridgehead atoms. The quantitative estimate of drug-likeness (QED) is 0.655. The van der Waals surface area contributed by atoms with Gasteiger partial charge in [-0.1, -0.05) is 25.6 Å². The number of nitrogens with zero attached hydrogens (tertiary/aromatic N) is 1. The van der Waals surface area contributed by atoms with Crippen molar-refractivity contribution >= 4 is 22.6 Å². The van der Waals surface area contributed by atoms with E-state index < -0.39 is 29.0 Å². The standard InChI is InChI=1S/C13H14F4N2S/c1-6(2)9-3-4-20-13(18-9)19-12-10(16)7(14)5-8(15)11(12)17/h5-6,9H,3-4H2,1-2H3,(H,18,19). The van der Waals surface area contributed by atoms with Crippen molar-refractivity contribution in [1.82, 2.24) is 0 Å². The average molecular weight is 306 g/mol. The molecule has 20 heavy (non-hydrogen) atoms. The lowest BCUT2D eigenvalue weighted by Crippen LogP contribution is -2.24. The summed E-state index contributed by atoms with van der Waals surface area (Å²) < 4.78 is 53.3. The van der Waals surface area contributed by atoms with Crippen LogP contribution in [-0.2, 0) is 0 Å². The summed E-state index contributed by atoms with van der Waals surface area (Å²) in [5.41, 5.74) is -0.835. The van der Waals surface area contributed by atoms with Crippen molar-refractivity contribution in [3.63, 3.8) is 0 Å². The van der Waals surface area contributed by atoms with Crippen molar-refractivity contribution < 1.29 is 17.6 Å². The molecular weight excluding hydrogens is 292 g/mol. The van der Waals surface area contributed by atoms with Gasteiger partial charge in [-0.05, 0) is 12.3 Å². The highest BCUT2D eigenvalue weighted by Crippen LogP contribution is 2.28. The van der Waals surface area contributed by atoms with Crippen molar-refractivity contribution in [3.05, 3.63) is 29.3 Å². The van der Waals surface area contributed by atoms with Crippen molar-refractivity contribution in [2.45, 2.75) is 26.3 Å². The summed E-state index contributed by atoms with van der Waals surface area (Å²) >= 11 is 1.27. The van der Waals surface area contributed by atoms with Gasteiger partial charge >= 0.3 is 0 Å². The molecule has 0 spiro atoms. The second kappa shape index (κ2) is 6.03. The third-order valence-corrected chi connectivity index (χ3v) is 3.97. The Hall–Kier alpha value is -1.24. The van der Waals surface area contributed by atoms with Crippen LogP contribution in [0, 0.1) is 29.2 Å². The largest absolute Gasteiger partial charge is 0.330 e. The molecule has 0 aromatic heterocycles. The molecule has 1 atom stereocenters. The molecule has 1 heterocycles. The topological polar surface area (TPSA) is 24.4 Å². The number of aliphatic imine (C=N–C) groups is 1. The smallest absolute Gasteiger partial charge is 0.185 e. The van der Waals surface area contributed by atoms with Gasteiger partial charge in [-0.25, -0.2) is 17.6 Å². The van der Waals surface area contributed by atoms with Gasteiger partial charge in [0, 0.05) is 11.8 Å².